The molecule has 1 N–H and O–H groups in total. The minimum absolute atomic E-state index is 0.259. The minimum atomic E-state index is -3.69. The summed E-state index contributed by atoms with van der Waals surface area (Å²) < 4.78 is 38.4. The SMILES string of the molecule is COc1ncccc1-c1cccc2c1CCN(S(=O)(=O)Nc1ncns1)C2. The summed E-state index contributed by atoms with van der Waals surface area (Å²) in [5, 5.41) is 0.259. The van der Waals surface area contributed by atoms with Crippen molar-refractivity contribution in [2.45, 2.75) is 13.0 Å². The predicted molar refractivity (Wildman–Crippen MR) is 103 cm³/mol. The quantitative estimate of drug-likeness (QED) is 0.702. The molecule has 1 aromatic carbocycles. The Hall–Kier alpha value is -2.56. The average molecular weight is 403 g/mol. The molecule has 1 aliphatic rings. The van der Waals surface area contributed by atoms with Gasteiger partial charge in [-0.2, -0.15) is 17.1 Å². The molecule has 1 aliphatic heterocycles. The van der Waals surface area contributed by atoms with Crippen LogP contribution in [0, 0.1) is 0 Å². The van der Waals surface area contributed by atoms with Crippen molar-refractivity contribution in [2.75, 3.05) is 18.4 Å². The second kappa shape index (κ2) is 7.22. The van der Waals surface area contributed by atoms with Gasteiger partial charge in [0, 0.05) is 36.4 Å². The molecule has 0 atom stereocenters. The fraction of sp³-hybridized carbons (Fsp3) is 0.235. The van der Waals surface area contributed by atoms with Crippen LogP contribution < -0.4 is 9.46 Å². The van der Waals surface area contributed by atoms with Crippen molar-refractivity contribution in [1.82, 2.24) is 18.6 Å². The van der Waals surface area contributed by atoms with Gasteiger partial charge in [0.1, 0.15) is 6.33 Å². The van der Waals surface area contributed by atoms with Crippen molar-refractivity contribution >= 4 is 26.9 Å². The van der Waals surface area contributed by atoms with Gasteiger partial charge < -0.3 is 4.74 Å². The maximum absolute atomic E-state index is 12.6. The second-order valence-corrected chi connectivity index (χ2v) is 8.39. The van der Waals surface area contributed by atoms with Gasteiger partial charge in [-0.3, -0.25) is 0 Å². The molecule has 0 saturated heterocycles. The number of methoxy groups -OCH3 is 1. The Morgan fingerprint density at radius 1 is 1.19 bits per heavy atom. The first kappa shape index (κ1) is 17.8. The van der Waals surface area contributed by atoms with Gasteiger partial charge in [0.05, 0.1) is 7.11 Å². The van der Waals surface area contributed by atoms with Crippen molar-refractivity contribution in [2.24, 2.45) is 0 Å². The molecule has 0 aliphatic carbocycles. The van der Waals surface area contributed by atoms with Gasteiger partial charge in [-0.05, 0) is 35.2 Å². The fourth-order valence-corrected chi connectivity index (χ4v) is 4.99. The van der Waals surface area contributed by atoms with Crippen molar-refractivity contribution in [3.8, 4) is 17.0 Å². The van der Waals surface area contributed by atoms with E-state index in [4.69, 9.17) is 4.74 Å². The molecule has 8 nitrogen and oxygen atoms in total. The van der Waals surface area contributed by atoms with Crippen molar-refractivity contribution < 1.29 is 13.2 Å². The number of benzene rings is 1. The summed E-state index contributed by atoms with van der Waals surface area (Å²) in [6, 6.07) is 9.72. The Labute approximate surface area is 161 Å². The number of aromatic nitrogens is 3. The zero-order valence-corrected chi connectivity index (χ0v) is 16.1. The highest BCUT2D eigenvalue weighted by Gasteiger charge is 2.29. The highest BCUT2D eigenvalue weighted by molar-refractivity contribution is 7.90. The van der Waals surface area contributed by atoms with E-state index >= 15 is 0 Å². The van der Waals surface area contributed by atoms with E-state index < -0.39 is 10.2 Å². The molecule has 3 heterocycles. The third-order valence-electron chi connectivity index (χ3n) is 4.40. The van der Waals surface area contributed by atoms with Crippen molar-refractivity contribution in [1.29, 1.82) is 0 Å². The number of nitrogens with one attached hydrogen (secondary N) is 1. The smallest absolute Gasteiger partial charge is 0.303 e. The van der Waals surface area contributed by atoms with Gasteiger partial charge in [0.2, 0.25) is 11.0 Å². The Morgan fingerprint density at radius 3 is 2.81 bits per heavy atom. The van der Waals surface area contributed by atoms with Crippen LogP contribution >= 0.6 is 11.5 Å². The van der Waals surface area contributed by atoms with E-state index in [1.807, 2.05) is 30.3 Å². The standard InChI is InChI=1S/C17H17N5O3S2/c1-25-16-15(6-3-8-18-16)14-5-2-4-12-10-22(9-7-13(12)14)27(23,24)21-17-19-11-20-26-17/h2-6,8,11H,7,9-10H2,1H3,(H,19,20,21). The predicted octanol–water partition coefficient (Wildman–Crippen LogP) is 2.32. The zero-order valence-electron chi connectivity index (χ0n) is 14.5. The molecular formula is C17H17N5O3S2. The highest BCUT2D eigenvalue weighted by atomic mass is 32.2. The number of fused-ring (bicyclic) bond motifs is 1. The van der Waals surface area contributed by atoms with Crippen LogP contribution in [0.3, 0.4) is 0 Å². The monoisotopic (exact) mass is 403 g/mol. The summed E-state index contributed by atoms with van der Waals surface area (Å²) in [7, 11) is -2.09. The lowest BCUT2D eigenvalue weighted by molar-refractivity contribution is 0.393. The summed E-state index contributed by atoms with van der Waals surface area (Å²) in [6.45, 7) is 0.667. The number of rotatable bonds is 5. The molecule has 0 spiro atoms. The normalized spacial score (nSPS) is 14.6. The van der Waals surface area contributed by atoms with Gasteiger partial charge in [-0.15, -0.1) is 0 Å². The molecular weight excluding hydrogens is 386 g/mol. The van der Waals surface area contributed by atoms with Crippen LogP contribution in [0.4, 0.5) is 5.13 Å². The van der Waals surface area contributed by atoms with Crippen molar-refractivity contribution in [3.63, 3.8) is 0 Å². The molecule has 4 rings (SSSR count). The van der Waals surface area contributed by atoms with E-state index in [-0.39, 0.29) is 5.13 Å². The first-order valence-electron chi connectivity index (χ1n) is 8.23. The van der Waals surface area contributed by atoms with Crippen LogP contribution in [0.2, 0.25) is 0 Å². The van der Waals surface area contributed by atoms with E-state index in [2.05, 4.69) is 19.1 Å². The van der Waals surface area contributed by atoms with E-state index in [9.17, 15) is 8.42 Å². The number of ether oxygens (including phenoxy) is 1. The molecule has 3 aromatic rings. The van der Waals surface area contributed by atoms with Gasteiger partial charge >= 0.3 is 10.2 Å². The summed E-state index contributed by atoms with van der Waals surface area (Å²) in [5.41, 5.74) is 4.00. The number of pyridine rings is 1. The third kappa shape index (κ3) is 3.51. The van der Waals surface area contributed by atoms with Gasteiger partial charge in [0.15, 0.2) is 0 Å². The number of nitrogens with zero attached hydrogens (tertiary/aromatic N) is 4. The van der Waals surface area contributed by atoms with Crippen LogP contribution in [0.25, 0.3) is 11.1 Å². The number of hydrogen-bond acceptors (Lipinski definition) is 7. The average Bonchev–Trinajstić information content (AvgIpc) is 3.19. The van der Waals surface area contributed by atoms with E-state index in [0.717, 1.165) is 33.8 Å². The van der Waals surface area contributed by atoms with Crippen LogP contribution in [-0.2, 0) is 23.2 Å². The van der Waals surface area contributed by atoms with Gasteiger partial charge in [-0.1, -0.05) is 18.2 Å². The lowest BCUT2D eigenvalue weighted by atomic mass is 9.92. The lowest BCUT2D eigenvalue weighted by Gasteiger charge is -2.29. The Balaban J connectivity index is 1.65. The highest BCUT2D eigenvalue weighted by Crippen LogP contribution is 2.35. The molecule has 27 heavy (non-hydrogen) atoms. The molecule has 0 bridgehead atoms. The zero-order chi connectivity index (χ0) is 18.9. The van der Waals surface area contributed by atoms with Crippen LogP contribution in [0.5, 0.6) is 5.88 Å². The molecule has 0 unspecified atom stereocenters. The maximum atomic E-state index is 12.6. The number of hydrogen-bond donors (Lipinski definition) is 1. The molecule has 0 saturated carbocycles. The number of anilines is 1. The Morgan fingerprint density at radius 2 is 2.04 bits per heavy atom. The van der Waals surface area contributed by atoms with Crippen LogP contribution in [0.1, 0.15) is 11.1 Å². The Bertz CT molecular complexity index is 1050. The topological polar surface area (TPSA) is 97.3 Å². The molecule has 140 valence electrons. The van der Waals surface area contributed by atoms with Gasteiger partial charge in [0.25, 0.3) is 0 Å². The second-order valence-electron chi connectivity index (χ2n) is 5.94. The Kier molecular flexibility index (Phi) is 4.77. The molecule has 2 aromatic heterocycles. The lowest BCUT2D eigenvalue weighted by Crippen LogP contribution is -2.39. The van der Waals surface area contributed by atoms with Crippen LogP contribution in [0.15, 0.2) is 42.9 Å². The van der Waals surface area contributed by atoms with E-state index in [0.29, 0.717) is 25.4 Å². The van der Waals surface area contributed by atoms with Crippen LogP contribution in [-0.4, -0.2) is 40.7 Å². The first-order chi connectivity index (χ1) is 13.1. The molecule has 10 heteroatoms. The van der Waals surface area contributed by atoms with E-state index in [1.165, 1.54) is 10.6 Å². The molecule has 0 fully saturated rings. The maximum Gasteiger partial charge on any atom is 0.303 e. The summed E-state index contributed by atoms with van der Waals surface area (Å²) in [5.74, 6) is 0.555. The third-order valence-corrected chi connectivity index (χ3v) is 6.56. The minimum Gasteiger partial charge on any atom is -0.481 e. The molecule has 0 radical (unpaired) electrons. The summed E-state index contributed by atoms with van der Waals surface area (Å²) >= 11 is 1.00. The fourth-order valence-electron chi connectivity index (χ4n) is 3.19. The summed E-state index contributed by atoms with van der Waals surface area (Å²) in [4.78, 5) is 8.15. The van der Waals surface area contributed by atoms with E-state index in [1.54, 1.807) is 13.3 Å². The first-order valence-corrected chi connectivity index (χ1v) is 10.4. The summed E-state index contributed by atoms with van der Waals surface area (Å²) in [6.07, 6.45) is 3.60. The largest absolute Gasteiger partial charge is 0.481 e. The molecule has 0 amide bonds. The van der Waals surface area contributed by atoms with Crippen molar-refractivity contribution in [3.05, 3.63) is 54.0 Å². The van der Waals surface area contributed by atoms with Gasteiger partial charge in [-0.25, -0.2) is 14.7 Å².